The lowest BCUT2D eigenvalue weighted by atomic mass is 10.1. The maximum absolute atomic E-state index is 12.6. The zero-order valence-electron chi connectivity index (χ0n) is 14.6. The lowest BCUT2D eigenvalue weighted by Crippen LogP contribution is -2.33. The molecule has 0 aliphatic carbocycles. The summed E-state index contributed by atoms with van der Waals surface area (Å²) < 4.78 is 0. The van der Waals surface area contributed by atoms with Crippen molar-refractivity contribution in [2.75, 3.05) is 12.4 Å². The largest absolute Gasteiger partial charge is 0.381 e. The third kappa shape index (κ3) is 4.14. The Kier molecular flexibility index (Phi) is 5.59. The summed E-state index contributed by atoms with van der Waals surface area (Å²) in [6.07, 6.45) is 0. The number of nitriles is 1. The number of rotatable bonds is 5. The van der Waals surface area contributed by atoms with Crippen molar-refractivity contribution in [1.29, 1.82) is 5.26 Å². The summed E-state index contributed by atoms with van der Waals surface area (Å²) in [5, 5.41) is 12.3. The molecule has 0 unspecified atom stereocenters. The summed E-state index contributed by atoms with van der Waals surface area (Å²) in [6.45, 7) is 6.54. The summed E-state index contributed by atoms with van der Waals surface area (Å²) in [4.78, 5) is 14.3. The first kappa shape index (κ1) is 17.6. The van der Waals surface area contributed by atoms with Crippen molar-refractivity contribution in [3.63, 3.8) is 0 Å². The molecule has 24 heavy (non-hydrogen) atoms. The molecule has 124 valence electrons. The molecular formula is C20H23N3O. The van der Waals surface area contributed by atoms with Gasteiger partial charge in [0.2, 0.25) is 0 Å². The van der Waals surface area contributed by atoms with Crippen molar-refractivity contribution >= 4 is 11.6 Å². The van der Waals surface area contributed by atoms with Gasteiger partial charge in [-0.3, -0.25) is 4.79 Å². The number of amides is 1. The molecule has 0 radical (unpaired) electrons. The van der Waals surface area contributed by atoms with Gasteiger partial charge in [-0.25, -0.2) is 0 Å². The van der Waals surface area contributed by atoms with Crippen LogP contribution in [-0.4, -0.2) is 23.9 Å². The van der Waals surface area contributed by atoms with E-state index in [9.17, 15) is 4.79 Å². The second-order valence-corrected chi connectivity index (χ2v) is 6.21. The van der Waals surface area contributed by atoms with E-state index in [1.165, 1.54) is 0 Å². The van der Waals surface area contributed by atoms with Crippen LogP contribution in [0.2, 0.25) is 0 Å². The van der Waals surface area contributed by atoms with Gasteiger partial charge in [-0.05, 0) is 56.2 Å². The molecule has 1 N–H and O–H groups in total. The maximum atomic E-state index is 12.6. The average Bonchev–Trinajstić information content (AvgIpc) is 2.59. The summed E-state index contributed by atoms with van der Waals surface area (Å²) in [6, 6.07) is 15.6. The van der Waals surface area contributed by atoms with Gasteiger partial charge in [-0.2, -0.15) is 5.26 Å². The summed E-state index contributed by atoms with van der Waals surface area (Å²) in [5.41, 5.74) is 4.24. The maximum Gasteiger partial charge on any atom is 0.254 e. The van der Waals surface area contributed by atoms with Crippen molar-refractivity contribution in [3.8, 4) is 6.07 Å². The van der Waals surface area contributed by atoms with E-state index in [1.807, 2.05) is 64.2 Å². The molecule has 0 bridgehead atoms. The molecule has 0 spiro atoms. The molecule has 0 aliphatic rings. The molecule has 2 aromatic carbocycles. The number of aryl methyl sites for hydroxylation is 1. The van der Waals surface area contributed by atoms with Gasteiger partial charge < -0.3 is 10.2 Å². The van der Waals surface area contributed by atoms with E-state index < -0.39 is 0 Å². The Hall–Kier alpha value is -2.80. The lowest BCUT2D eigenvalue weighted by molar-refractivity contribution is 0.0754. The minimum atomic E-state index is 0.0256. The number of nitrogens with one attached hydrogen (secondary N) is 1. The molecule has 0 saturated carbocycles. The van der Waals surface area contributed by atoms with Crippen molar-refractivity contribution in [1.82, 2.24) is 4.90 Å². The van der Waals surface area contributed by atoms with Crippen molar-refractivity contribution in [2.24, 2.45) is 0 Å². The van der Waals surface area contributed by atoms with Crippen molar-refractivity contribution in [2.45, 2.75) is 33.4 Å². The van der Waals surface area contributed by atoms with E-state index in [0.29, 0.717) is 17.7 Å². The highest BCUT2D eigenvalue weighted by atomic mass is 16.2. The molecule has 0 saturated heterocycles. The molecule has 1 amide bonds. The molecule has 0 fully saturated rings. The topological polar surface area (TPSA) is 56.1 Å². The highest BCUT2D eigenvalue weighted by Crippen LogP contribution is 2.19. The fourth-order valence-electron chi connectivity index (χ4n) is 2.34. The van der Waals surface area contributed by atoms with Crippen LogP contribution < -0.4 is 5.32 Å². The number of hydrogen-bond donors (Lipinski definition) is 1. The van der Waals surface area contributed by atoms with Crippen LogP contribution in [0, 0.1) is 18.3 Å². The van der Waals surface area contributed by atoms with Gasteiger partial charge in [0, 0.05) is 30.9 Å². The zero-order chi connectivity index (χ0) is 17.7. The van der Waals surface area contributed by atoms with Gasteiger partial charge in [-0.1, -0.05) is 18.2 Å². The molecule has 0 heterocycles. The highest BCUT2D eigenvalue weighted by molar-refractivity contribution is 5.96. The van der Waals surface area contributed by atoms with Crippen LogP contribution in [0.5, 0.6) is 0 Å². The molecule has 2 aromatic rings. The third-order valence-corrected chi connectivity index (χ3v) is 4.12. The van der Waals surface area contributed by atoms with Gasteiger partial charge in [-0.15, -0.1) is 0 Å². The second-order valence-electron chi connectivity index (χ2n) is 6.21. The minimum Gasteiger partial charge on any atom is -0.381 e. The standard InChI is InChI=1S/C20H23N3O/c1-14(2)23(4)20(24)19-11-18(9-8-15(19)3)22-13-17-7-5-6-16(10-17)12-21/h5-11,14,22H,13H2,1-4H3. The number of benzene rings is 2. The van der Waals surface area contributed by atoms with Gasteiger partial charge >= 0.3 is 0 Å². The van der Waals surface area contributed by atoms with Gasteiger partial charge in [0.25, 0.3) is 5.91 Å². The number of carbonyl (C=O) groups is 1. The van der Waals surface area contributed by atoms with E-state index >= 15 is 0 Å². The highest BCUT2D eigenvalue weighted by Gasteiger charge is 2.16. The smallest absolute Gasteiger partial charge is 0.254 e. The molecule has 4 nitrogen and oxygen atoms in total. The van der Waals surface area contributed by atoms with Crippen molar-refractivity contribution in [3.05, 3.63) is 64.7 Å². The predicted octanol–water partition coefficient (Wildman–Crippen LogP) is 3.96. The van der Waals surface area contributed by atoms with Crippen LogP contribution >= 0.6 is 0 Å². The van der Waals surface area contributed by atoms with Gasteiger partial charge in [0.05, 0.1) is 11.6 Å². The Bertz CT molecular complexity index is 775. The SMILES string of the molecule is Cc1ccc(NCc2cccc(C#N)c2)cc1C(=O)N(C)C(C)C. The van der Waals surface area contributed by atoms with E-state index in [0.717, 1.165) is 16.8 Å². The van der Waals surface area contributed by atoms with Crippen LogP contribution in [0.25, 0.3) is 0 Å². The Morgan fingerprint density at radius 1 is 1.25 bits per heavy atom. The lowest BCUT2D eigenvalue weighted by Gasteiger charge is -2.22. The fraction of sp³-hybridized carbons (Fsp3) is 0.300. The van der Waals surface area contributed by atoms with E-state index in [4.69, 9.17) is 5.26 Å². The number of anilines is 1. The monoisotopic (exact) mass is 321 g/mol. The van der Waals surface area contributed by atoms with Gasteiger partial charge in [0.1, 0.15) is 0 Å². The molecular weight excluding hydrogens is 298 g/mol. The molecule has 0 atom stereocenters. The van der Waals surface area contributed by atoms with Crippen molar-refractivity contribution < 1.29 is 4.79 Å². The summed E-state index contributed by atoms with van der Waals surface area (Å²) >= 11 is 0. The predicted molar refractivity (Wildman–Crippen MR) is 96.9 cm³/mol. The Morgan fingerprint density at radius 3 is 2.67 bits per heavy atom. The fourth-order valence-corrected chi connectivity index (χ4v) is 2.34. The molecule has 0 aromatic heterocycles. The first-order chi connectivity index (χ1) is 11.4. The van der Waals surface area contributed by atoms with E-state index in [1.54, 1.807) is 11.0 Å². The Morgan fingerprint density at radius 2 is 2.00 bits per heavy atom. The zero-order valence-corrected chi connectivity index (χ0v) is 14.6. The Balaban J connectivity index is 2.16. The molecule has 4 heteroatoms. The third-order valence-electron chi connectivity index (χ3n) is 4.12. The minimum absolute atomic E-state index is 0.0256. The Labute approximate surface area is 143 Å². The first-order valence-electron chi connectivity index (χ1n) is 8.03. The van der Waals surface area contributed by atoms with Crippen LogP contribution in [0.15, 0.2) is 42.5 Å². The average molecular weight is 321 g/mol. The number of hydrogen-bond acceptors (Lipinski definition) is 3. The molecule has 0 aliphatic heterocycles. The normalized spacial score (nSPS) is 10.3. The summed E-state index contributed by atoms with van der Waals surface area (Å²) in [7, 11) is 1.82. The van der Waals surface area contributed by atoms with Crippen LogP contribution in [0.1, 0.15) is 40.9 Å². The summed E-state index contributed by atoms with van der Waals surface area (Å²) in [5.74, 6) is 0.0256. The van der Waals surface area contributed by atoms with Gasteiger partial charge in [0.15, 0.2) is 0 Å². The van der Waals surface area contributed by atoms with Crippen LogP contribution in [0.3, 0.4) is 0 Å². The van der Waals surface area contributed by atoms with E-state index in [-0.39, 0.29) is 11.9 Å². The molecule has 2 rings (SSSR count). The van der Waals surface area contributed by atoms with E-state index in [2.05, 4.69) is 11.4 Å². The van der Waals surface area contributed by atoms with Crippen LogP contribution in [-0.2, 0) is 6.54 Å². The quantitative estimate of drug-likeness (QED) is 0.907. The number of nitrogens with zero attached hydrogens (tertiary/aromatic N) is 2. The van der Waals surface area contributed by atoms with Crippen LogP contribution in [0.4, 0.5) is 5.69 Å². The second kappa shape index (κ2) is 7.65. The first-order valence-corrected chi connectivity index (χ1v) is 8.03. The number of carbonyl (C=O) groups excluding carboxylic acids is 1.